The Bertz CT molecular complexity index is 392. The molecule has 1 aromatic rings. The van der Waals surface area contributed by atoms with Crippen molar-refractivity contribution in [1.29, 1.82) is 0 Å². The number of carbonyl (C=O) groups excluding carboxylic acids is 1. The molecule has 0 saturated heterocycles. The smallest absolute Gasteiger partial charge is 0.183 e. The largest absolute Gasteiger partial charge is 0.491 e. The Hall–Kier alpha value is -1.00. The van der Waals surface area contributed by atoms with Crippen molar-refractivity contribution in [2.75, 3.05) is 26.6 Å². The number of Topliss-reactive ketones (excluding diaryl/α,β-unsaturated/α-hetero) is 1. The fourth-order valence-corrected chi connectivity index (χ4v) is 2.49. The van der Waals surface area contributed by atoms with E-state index in [1.807, 2.05) is 38.4 Å². The molecule has 0 fully saturated rings. The fraction of sp³-hybridized carbons (Fsp3) is 0.417. The first-order valence-corrected chi connectivity index (χ1v) is 6.25. The van der Waals surface area contributed by atoms with Crippen molar-refractivity contribution in [3.8, 4) is 5.75 Å². The van der Waals surface area contributed by atoms with Crippen LogP contribution in [0.15, 0.2) is 24.3 Å². The van der Waals surface area contributed by atoms with Crippen LogP contribution in [-0.2, 0) is 0 Å². The van der Waals surface area contributed by atoms with Crippen LogP contribution >= 0.6 is 11.8 Å². The lowest BCUT2D eigenvalue weighted by molar-refractivity contribution is 0.0943. The molecule has 0 aromatic heterocycles. The van der Waals surface area contributed by atoms with E-state index in [4.69, 9.17) is 4.74 Å². The van der Waals surface area contributed by atoms with Crippen LogP contribution in [-0.4, -0.2) is 42.5 Å². The Kier molecular flexibility index (Phi) is 3.51. The SMILES string of the molecule is CN(C)CS[C@H]1COc2ccccc2C1=O. The Labute approximate surface area is 99.8 Å². The van der Waals surface area contributed by atoms with E-state index in [1.54, 1.807) is 11.8 Å². The highest BCUT2D eigenvalue weighted by molar-refractivity contribution is 8.00. The molecule has 1 aliphatic rings. The van der Waals surface area contributed by atoms with E-state index in [2.05, 4.69) is 4.90 Å². The van der Waals surface area contributed by atoms with Crippen LogP contribution in [0.1, 0.15) is 10.4 Å². The molecule has 0 saturated carbocycles. The third-order valence-electron chi connectivity index (χ3n) is 2.37. The summed E-state index contributed by atoms with van der Waals surface area (Å²) in [5.74, 6) is 1.74. The lowest BCUT2D eigenvalue weighted by Gasteiger charge is -2.24. The highest BCUT2D eigenvalue weighted by atomic mass is 32.2. The van der Waals surface area contributed by atoms with Gasteiger partial charge >= 0.3 is 0 Å². The number of hydrogen-bond acceptors (Lipinski definition) is 4. The number of ether oxygens (including phenoxy) is 1. The average molecular weight is 237 g/mol. The Morgan fingerprint density at radius 1 is 1.44 bits per heavy atom. The maximum atomic E-state index is 12.1. The molecule has 1 atom stereocenters. The summed E-state index contributed by atoms with van der Waals surface area (Å²) in [7, 11) is 3.99. The summed E-state index contributed by atoms with van der Waals surface area (Å²) in [6.07, 6.45) is 0. The van der Waals surface area contributed by atoms with E-state index >= 15 is 0 Å². The van der Waals surface area contributed by atoms with Gasteiger partial charge in [-0.15, -0.1) is 11.8 Å². The van der Waals surface area contributed by atoms with Crippen LogP contribution in [0.2, 0.25) is 0 Å². The van der Waals surface area contributed by atoms with Gasteiger partial charge in [0.1, 0.15) is 17.6 Å². The summed E-state index contributed by atoms with van der Waals surface area (Å²) < 4.78 is 5.58. The maximum absolute atomic E-state index is 12.1. The number of nitrogens with zero attached hydrogens (tertiary/aromatic N) is 1. The molecule has 0 aliphatic carbocycles. The molecule has 4 heteroatoms. The van der Waals surface area contributed by atoms with Gasteiger partial charge in [-0.05, 0) is 26.2 Å². The number of carbonyl (C=O) groups is 1. The zero-order valence-electron chi connectivity index (χ0n) is 9.47. The molecule has 0 amide bonds. The van der Waals surface area contributed by atoms with E-state index in [0.29, 0.717) is 17.9 Å². The van der Waals surface area contributed by atoms with E-state index in [9.17, 15) is 4.79 Å². The van der Waals surface area contributed by atoms with Crippen molar-refractivity contribution >= 4 is 17.5 Å². The summed E-state index contributed by atoms with van der Waals surface area (Å²) in [5.41, 5.74) is 0.713. The van der Waals surface area contributed by atoms with Crippen molar-refractivity contribution in [2.24, 2.45) is 0 Å². The lowest BCUT2D eigenvalue weighted by atomic mass is 10.1. The van der Waals surface area contributed by atoms with E-state index in [-0.39, 0.29) is 11.0 Å². The molecule has 1 heterocycles. The first-order chi connectivity index (χ1) is 7.68. The molecule has 0 unspecified atom stereocenters. The van der Waals surface area contributed by atoms with Crippen LogP contribution < -0.4 is 4.74 Å². The normalized spacial score (nSPS) is 19.4. The van der Waals surface area contributed by atoms with E-state index in [0.717, 1.165) is 5.88 Å². The molecule has 86 valence electrons. The molecule has 2 rings (SSSR count). The molecule has 1 aliphatic heterocycles. The van der Waals surface area contributed by atoms with Crippen molar-refractivity contribution in [1.82, 2.24) is 4.90 Å². The topological polar surface area (TPSA) is 29.5 Å². The van der Waals surface area contributed by atoms with Gasteiger partial charge < -0.3 is 9.64 Å². The minimum atomic E-state index is -0.0719. The zero-order valence-corrected chi connectivity index (χ0v) is 10.3. The van der Waals surface area contributed by atoms with Crippen LogP contribution in [0.25, 0.3) is 0 Å². The number of thioether (sulfide) groups is 1. The zero-order chi connectivity index (χ0) is 11.5. The van der Waals surface area contributed by atoms with Crippen molar-refractivity contribution < 1.29 is 9.53 Å². The monoisotopic (exact) mass is 237 g/mol. The van der Waals surface area contributed by atoms with Crippen molar-refractivity contribution in [3.63, 3.8) is 0 Å². The van der Waals surface area contributed by atoms with Gasteiger partial charge in [-0.1, -0.05) is 12.1 Å². The lowest BCUT2D eigenvalue weighted by Crippen LogP contribution is -2.31. The number of ketones is 1. The van der Waals surface area contributed by atoms with Gasteiger partial charge in [0, 0.05) is 5.88 Å². The summed E-state index contributed by atoms with van der Waals surface area (Å²) in [5, 5.41) is -0.0719. The minimum Gasteiger partial charge on any atom is -0.491 e. The van der Waals surface area contributed by atoms with Gasteiger partial charge in [0.2, 0.25) is 0 Å². The summed E-state index contributed by atoms with van der Waals surface area (Å²) in [4.78, 5) is 14.2. The molecule has 1 aromatic carbocycles. The predicted molar refractivity (Wildman–Crippen MR) is 66.2 cm³/mol. The molecule has 0 spiro atoms. The van der Waals surface area contributed by atoms with Crippen LogP contribution in [0.5, 0.6) is 5.75 Å². The molecule has 0 bridgehead atoms. The Morgan fingerprint density at radius 2 is 2.19 bits per heavy atom. The number of hydrogen-bond donors (Lipinski definition) is 0. The Balaban J connectivity index is 2.09. The highest BCUT2D eigenvalue weighted by Crippen LogP contribution is 2.29. The second kappa shape index (κ2) is 4.89. The third-order valence-corrected chi connectivity index (χ3v) is 3.79. The molecule has 16 heavy (non-hydrogen) atoms. The quantitative estimate of drug-likeness (QED) is 0.751. The van der Waals surface area contributed by atoms with Crippen molar-refractivity contribution in [2.45, 2.75) is 5.25 Å². The van der Waals surface area contributed by atoms with Gasteiger partial charge in [-0.2, -0.15) is 0 Å². The fourth-order valence-electron chi connectivity index (χ4n) is 1.57. The molecular formula is C12H15NO2S. The molecular weight excluding hydrogens is 222 g/mol. The predicted octanol–water partition coefficient (Wildman–Crippen LogP) is 1.88. The van der Waals surface area contributed by atoms with Gasteiger partial charge in [0.05, 0.1) is 5.56 Å². The summed E-state index contributed by atoms with van der Waals surface area (Å²) >= 11 is 1.63. The first-order valence-electron chi connectivity index (χ1n) is 5.21. The van der Waals surface area contributed by atoms with E-state index < -0.39 is 0 Å². The van der Waals surface area contributed by atoms with Gasteiger partial charge in [-0.25, -0.2) is 0 Å². The second-order valence-electron chi connectivity index (χ2n) is 4.04. The number of benzene rings is 1. The summed E-state index contributed by atoms with van der Waals surface area (Å²) in [6, 6.07) is 7.44. The summed E-state index contributed by atoms with van der Waals surface area (Å²) in [6.45, 7) is 0.481. The third kappa shape index (κ3) is 2.39. The van der Waals surface area contributed by atoms with Gasteiger partial charge in [0.25, 0.3) is 0 Å². The molecule has 0 N–H and O–H groups in total. The molecule has 3 nitrogen and oxygen atoms in total. The first kappa shape index (κ1) is 11.5. The molecule has 0 radical (unpaired) electrons. The second-order valence-corrected chi connectivity index (χ2v) is 5.20. The standard InChI is InChI=1S/C12H15NO2S/c1-13(2)8-16-11-7-15-10-6-4-3-5-9(10)12(11)14/h3-6,11H,7-8H2,1-2H3/t11-/m0/s1. The average Bonchev–Trinajstić information content (AvgIpc) is 2.28. The van der Waals surface area contributed by atoms with Gasteiger partial charge in [0.15, 0.2) is 5.78 Å². The van der Waals surface area contributed by atoms with Gasteiger partial charge in [-0.3, -0.25) is 4.79 Å². The maximum Gasteiger partial charge on any atom is 0.183 e. The number of para-hydroxylation sites is 1. The van der Waals surface area contributed by atoms with Crippen molar-refractivity contribution in [3.05, 3.63) is 29.8 Å². The highest BCUT2D eigenvalue weighted by Gasteiger charge is 2.28. The Morgan fingerprint density at radius 3 is 2.94 bits per heavy atom. The van der Waals surface area contributed by atoms with Crippen LogP contribution in [0, 0.1) is 0 Å². The van der Waals surface area contributed by atoms with Crippen LogP contribution in [0.4, 0.5) is 0 Å². The minimum absolute atomic E-state index is 0.0719. The number of fused-ring (bicyclic) bond motifs is 1. The number of rotatable bonds is 3. The van der Waals surface area contributed by atoms with Crippen LogP contribution in [0.3, 0.4) is 0 Å². The van der Waals surface area contributed by atoms with E-state index in [1.165, 1.54) is 0 Å².